The molecule has 5 aromatic rings. The molecule has 1 N–H and O–H groups in total. The van der Waals surface area contributed by atoms with Crippen molar-refractivity contribution in [1.82, 2.24) is 15.0 Å². The zero-order chi connectivity index (χ0) is 21.8. The molecule has 0 aliphatic carbocycles. The molecule has 5 heteroatoms. The molecule has 152 valence electrons. The Balaban J connectivity index is 1.69. The van der Waals surface area contributed by atoms with Gasteiger partial charge in [-0.2, -0.15) is 5.26 Å². The average molecular weight is 413 g/mol. The van der Waals surface area contributed by atoms with Gasteiger partial charge in [-0.1, -0.05) is 60.7 Å². The van der Waals surface area contributed by atoms with Crippen LogP contribution in [-0.2, 0) is 6.54 Å². The fourth-order valence-electron chi connectivity index (χ4n) is 3.70. The van der Waals surface area contributed by atoms with Gasteiger partial charge in [0, 0.05) is 11.8 Å². The molecular weight excluding hydrogens is 394 g/mol. The lowest BCUT2D eigenvalue weighted by Gasteiger charge is -2.14. The lowest BCUT2D eigenvalue weighted by Crippen LogP contribution is -2.06. The highest BCUT2D eigenvalue weighted by molar-refractivity contribution is 6.02. The highest BCUT2D eigenvalue weighted by Gasteiger charge is 2.14. The summed E-state index contributed by atoms with van der Waals surface area (Å²) in [7, 11) is 0. The van der Waals surface area contributed by atoms with Gasteiger partial charge in [-0.05, 0) is 41.5 Å². The second-order valence-corrected chi connectivity index (χ2v) is 7.33. The third-order valence-corrected chi connectivity index (χ3v) is 5.22. The number of pyridine rings is 1. The molecule has 2 aromatic heterocycles. The number of fused-ring (bicyclic) bond motifs is 1. The summed E-state index contributed by atoms with van der Waals surface area (Å²) in [5.41, 5.74) is 5.29. The number of nitriles is 1. The Labute approximate surface area is 186 Å². The van der Waals surface area contributed by atoms with Crippen LogP contribution in [0, 0.1) is 11.3 Å². The summed E-state index contributed by atoms with van der Waals surface area (Å²) in [6.07, 6.45) is 1.78. The summed E-state index contributed by atoms with van der Waals surface area (Å²) in [5, 5.41) is 13.7. The number of benzene rings is 3. The first-order chi connectivity index (χ1) is 15.8. The van der Waals surface area contributed by atoms with Crippen molar-refractivity contribution in [3.05, 3.63) is 108 Å². The van der Waals surface area contributed by atoms with Crippen molar-refractivity contribution in [3.8, 4) is 28.6 Å². The van der Waals surface area contributed by atoms with E-state index in [9.17, 15) is 5.26 Å². The summed E-state index contributed by atoms with van der Waals surface area (Å²) < 4.78 is 0. The standard InChI is InChI=1S/C27H19N5/c28-17-19-8-6-11-21(16-19)26-31-24-14-7-13-23(20-9-2-1-3-10-20)25(24)27(32-26)30-18-22-12-4-5-15-29-22/h1-16H,18H2,(H,30,31,32). The van der Waals surface area contributed by atoms with E-state index in [1.807, 2.05) is 66.7 Å². The third-order valence-electron chi connectivity index (χ3n) is 5.22. The van der Waals surface area contributed by atoms with Crippen molar-refractivity contribution in [2.45, 2.75) is 6.54 Å². The molecule has 0 radical (unpaired) electrons. The monoisotopic (exact) mass is 413 g/mol. The van der Waals surface area contributed by atoms with E-state index in [2.05, 4.69) is 34.6 Å². The summed E-state index contributed by atoms with van der Waals surface area (Å²) >= 11 is 0. The van der Waals surface area contributed by atoms with Crippen LogP contribution in [0.3, 0.4) is 0 Å². The predicted octanol–water partition coefficient (Wildman–Crippen LogP) is 5.84. The predicted molar refractivity (Wildman–Crippen MR) is 127 cm³/mol. The Morgan fingerprint density at radius 1 is 0.781 bits per heavy atom. The fraction of sp³-hybridized carbons (Fsp3) is 0.0370. The van der Waals surface area contributed by atoms with Gasteiger partial charge in [0.1, 0.15) is 5.82 Å². The average Bonchev–Trinajstić information content (AvgIpc) is 2.88. The van der Waals surface area contributed by atoms with Gasteiger partial charge < -0.3 is 5.32 Å². The van der Waals surface area contributed by atoms with Gasteiger partial charge in [0.2, 0.25) is 0 Å². The molecule has 0 amide bonds. The largest absolute Gasteiger partial charge is 0.364 e. The SMILES string of the molecule is N#Cc1cccc(-c2nc(NCc3ccccn3)c3c(-c4ccccc4)cccc3n2)c1. The zero-order valence-electron chi connectivity index (χ0n) is 17.2. The van der Waals surface area contributed by atoms with Crippen LogP contribution in [0.5, 0.6) is 0 Å². The van der Waals surface area contributed by atoms with E-state index in [1.165, 1.54) is 0 Å². The van der Waals surface area contributed by atoms with Crippen LogP contribution in [0.15, 0.2) is 97.2 Å². The van der Waals surface area contributed by atoms with Crippen LogP contribution in [0.4, 0.5) is 5.82 Å². The number of nitrogens with one attached hydrogen (secondary N) is 1. The molecule has 0 saturated carbocycles. The van der Waals surface area contributed by atoms with Crippen molar-refractivity contribution < 1.29 is 0 Å². The molecule has 2 heterocycles. The van der Waals surface area contributed by atoms with E-state index in [-0.39, 0.29) is 0 Å². The highest BCUT2D eigenvalue weighted by atomic mass is 15.0. The molecule has 0 aliphatic rings. The molecule has 0 saturated heterocycles. The first kappa shape index (κ1) is 19.4. The Morgan fingerprint density at radius 3 is 2.41 bits per heavy atom. The highest BCUT2D eigenvalue weighted by Crippen LogP contribution is 2.34. The molecule has 32 heavy (non-hydrogen) atoms. The fourth-order valence-corrected chi connectivity index (χ4v) is 3.70. The molecule has 0 fully saturated rings. The minimum Gasteiger partial charge on any atom is -0.364 e. The smallest absolute Gasteiger partial charge is 0.162 e. The van der Waals surface area contributed by atoms with Gasteiger partial charge in [0.15, 0.2) is 5.82 Å². The van der Waals surface area contributed by atoms with Gasteiger partial charge in [-0.25, -0.2) is 9.97 Å². The van der Waals surface area contributed by atoms with E-state index in [0.29, 0.717) is 17.9 Å². The summed E-state index contributed by atoms with van der Waals surface area (Å²) in [6.45, 7) is 0.535. The number of hydrogen-bond acceptors (Lipinski definition) is 5. The minimum atomic E-state index is 0.535. The van der Waals surface area contributed by atoms with Crippen LogP contribution in [0.1, 0.15) is 11.3 Å². The van der Waals surface area contributed by atoms with E-state index >= 15 is 0 Å². The van der Waals surface area contributed by atoms with Crippen LogP contribution in [0.25, 0.3) is 33.4 Å². The molecule has 0 aliphatic heterocycles. The second kappa shape index (κ2) is 8.66. The second-order valence-electron chi connectivity index (χ2n) is 7.33. The van der Waals surface area contributed by atoms with E-state index in [0.717, 1.165) is 39.1 Å². The maximum Gasteiger partial charge on any atom is 0.162 e. The van der Waals surface area contributed by atoms with Crippen molar-refractivity contribution in [3.63, 3.8) is 0 Å². The Bertz CT molecular complexity index is 1420. The molecule has 0 unspecified atom stereocenters. The Hall–Kier alpha value is -4.56. The van der Waals surface area contributed by atoms with Gasteiger partial charge in [0.05, 0.1) is 34.8 Å². The third kappa shape index (κ3) is 3.90. The molecular formula is C27H19N5. The van der Waals surface area contributed by atoms with Crippen LogP contribution >= 0.6 is 0 Å². The lowest BCUT2D eigenvalue weighted by atomic mass is 10.0. The number of hydrogen-bond donors (Lipinski definition) is 1. The summed E-state index contributed by atoms with van der Waals surface area (Å²) in [4.78, 5) is 14.2. The van der Waals surface area contributed by atoms with Crippen LogP contribution in [-0.4, -0.2) is 15.0 Å². The van der Waals surface area contributed by atoms with Crippen molar-refractivity contribution in [2.75, 3.05) is 5.32 Å². The Kier molecular flexibility index (Phi) is 5.25. The molecule has 0 atom stereocenters. The van der Waals surface area contributed by atoms with Crippen molar-refractivity contribution >= 4 is 16.7 Å². The normalized spacial score (nSPS) is 10.6. The van der Waals surface area contributed by atoms with Crippen LogP contribution < -0.4 is 5.32 Å². The van der Waals surface area contributed by atoms with E-state index in [4.69, 9.17) is 9.97 Å². The molecule has 3 aromatic carbocycles. The molecule has 0 spiro atoms. The maximum atomic E-state index is 9.30. The van der Waals surface area contributed by atoms with Gasteiger partial charge in [0.25, 0.3) is 0 Å². The van der Waals surface area contributed by atoms with E-state index in [1.54, 1.807) is 12.3 Å². The maximum absolute atomic E-state index is 9.30. The van der Waals surface area contributed by atoms with Gasteiger partial charge in [-0.3, -0.25) is 4.98 Å². The number of anilines is 1. The molecule has 5 nitrogen and oxygen atoms in total. The van der Waals surface area contributed by atoms with Crippen molar-refractivity contribution in [1.29, 1.82) is 5.26 Å². The zero-order valence-corrected chi connectivity index (χ0v) is 17.2. The first-order valence-corrected chi connectivity index (χ1v) is 10.3. The molecule has 5 rings (SSSR count). The first-order valence-electron chi connectivity index (χ1n) is 10.3. The van der Waals surface area contributed by atoms with Gasteiger partial charge in [-0.15, -0.1) is 0 Å². The quantitative estimate of drug-likeness (QED) is 0.392. The number of aromatic nitrogens is 3. The number of rotatable bonds is 5. The lowest BCUT2D eigenvalue weighted by molar-refractivity contribution is 1.03. The topological polar surface area (TPSA) is 74.5 Å². The Morgan fingerprint density at radius 2 is 1.59 bits per heavy atom. The number of nitrogens with zero attached hydrogens (tertiary/aromatic N) is 4. The van der Waals surface area contributed by atoms with Crippen molar-refractivity contribution in [2.24, 2.45) is 0 Å². The summed E-state index contributed by atoms with van der Waals surface area (Å²) in [5.74, 6) is 1.31. The van der Waals surface area contributed by atoms with E-state index < -0.39 is 0 Å². The van der Waals surface area contributed by atoms with Crippen LogP contribution in [0.2, 0.25) is 0 Å². The summed E-state index contributed by atoms with van der Waals surface area (Å²) in [6, 6.07) is 31.7. The molecule has 0 bridgehead atoms. The van der Waals surface area contributed by atoms with Gasteiger partial charge >= 0.3 is 0 Å². The minimum absolute atomic E-state index is 0.535.